The van der Waals surface area contributed by atoms with E-state index in [0.29, 0.717) is 6.04 Å². The van der Waals surface area contributed by atoms with Gasteiger partial charge in [0.2, 0.25) is 0 Å². The Morgan fingerprint density at radius 2 is 1.85 bits per heavy atom. The van der Waals surface area contributed by atoms with E-state index in [-0.39, 0.29) is 30.2 Å². The van der Waals surface area contributed by atoms with Crippen LogP contribution in [0.5, 0.6) is 0 Å². The second kappa shape index (κ2) is 11.7. The second-order valence-electron chi connectivity index (χ2n) is 6.93. The SMILES string of the molecule is COCC(NCCN1CCOCC1)C1(c2ccc(Cl)cc2)CCC1.Cl.Cl. The van der Waals surface area contributed by atoms with Crippen molar-refractivity contribution in [2.75, 3.05) is 53.1 Å². The number of methoxy groups -OCH3 is 1. The maximum atomic E-state index is 6.08. The third kappa shape index (κ3) is 5.71. The lowest BCUT2D eigenvalue weighted by molar-refractivity contribution is 0.0350. The van der Waals surface area contributed by atoms with E-state index in [2.05, 4.69) is 22.3 Å². The van der Waals surface area contributed by atoms with Crippen molar-refractivity contribution >= 4 is 36.4 Å². The third-order valence-corrected chi connectivity index (χ3v) is 5.84. The molecule has 1 aliphatic carbocycles. The first-order valence-electron chi connectivity index (χ1n) is 9.03. The summed E-state index contributed by atoms with van der Waals surface area (Å²) in [6, 6.07) is 8.74. The topological polar surface area (TPSA) is 33.7 Å². The fourth-order valence-electron chi connectivity index (χ4n) is 3.98. The van der Waals surface area contributed by atoms with Crippen LogP contribution in [0, 0.1) is 0 Å². The quantitative estimate of drug-likeness (QED) is 0.691. The highest BCUT2D eigenvalue weighted by Crippen LogP contribution is 2.46. The summed E-state index contributed by atoms with van der Waals surface area (Å²) in [6.45, 7) is 6.60. The van der Waals surface area contributed by atoms with Gasteiger partial charge >= 0.3 is 0 Å². The number of hydrogen-bond donors (Lipinski definition) is 1. The lowest BCUT2D eigenvalue weighted by Crippen LogP contribution is -2.56. The molecule has 1 aromatic rings. The molecule has 2 aliphatic rings. The zero-order valence-corrected chi connectivity index (χ0v) is 17.8. The average molecular weight is 426 g/mol. The molecule has 1 N–H and O–H groups in total. The van der Waals surface area contributed by atoms with Crippen LogP contribution in [0.4, 0.5) is 0 Å². The molecule has 1 heterocycles. The molecular formula is C19H31Cl3N2O2. The van der Waals surface area contributed by atoms with Crippen LogP contribution >= 0.6 is 36.4 Å². The Bertz CT molecular complexity index is 506. The summed E-state index contributed by atoms with van der Waals surface area (Å²) < 4.78 is 11.0. The first kappa shape index (κ1) is 24.0. The van der Waals surface area contributed by atoms with E-state index in [0.717, 1.165) is 51.0 Å². The van der Waals surface area contributed by atoms with Gasteiger partial charge in [-0.2, -0.15) is 0 Å². The molecule has 1 atom stereocenters. The van der Waals surface area contributed by atoms with E-state index in [1.54, 1.807) is 7.11 Å². The van der Waals surface area contributed by atoms with Crippen LogP contribution in [0.15, 0.2) is 24.3 Å². The number of nitrogens with zero attached hydrogens (tertiary/aromatic N) is 1. The molecule has 2 fully saturated rings. The Balaban J connectivity index is 0.00000169. The first-order chi connectivity index (χ1) is 11.7. The molecule has 7 heteroatoms. The van der Waals surface area contributed by atoms with E-state index in [9.17, 15) is 0 Å². The van der Waals surface area contributed by atoms with Gasteiger partial charge in [-0.25, -0.2) is 0 Å². The molecule has 26 heavy (non-hydrogen) atoms. The van der Waals surface area contributed by atoms with Gasteiger partial charge in [0.15, 0.2) is 0 Å². The van der Waals surface area contributed by atoms with Crippen molar-refractivity contribution in [2.24, 2.45) is 0 Å². The maximum absolute atomic E-state index is 6.08. The van der Waals surface area contributed by atoms with Crippen molar-refractivity contribution in [2.45, 2.75) is 30.7 Å². The third-order valence-electron chi connectivity index (χ3n) is 5.59. The van der Waals surface area contributed by atoms with E-state index < -0.39 is 0 Å². The maximum Gasteiger partial charge on any atom is 0.0624 e. The molecule has 150 valence electrons. The van der Waals surface area contributed by atoms with Crippen LogP contribution in [0.3, 0.4) is 0 Å². The van der Waals surface area contributed by atoms with Gasteiger partial charge in [-0.1, -0.05) is 30.2 Å². The monoisotopic (exact) mass is 424 g/mol. The lowest BCUT2D eigenvalue weighted by atomic mass is 9.60. The molecule has 1 saturated heterocycles. The highest BCUT2D eigenvalue weighted by molar-refractivity contribution is 6.30. The molecule has 1 aromatic carbocycles. The van der Waals surface area contributed by atoms with Crippen LogP contribution in [-0.2, 0) is 14.9 Å². The smallest absolute Gasteiger partial charge is 0.0624 e. The molecular weight excluding hydrogens is 395 g/mol. The van der Waals surface area contributed by atoms with E-state index >= 15 is 0 Å². The Hall–Kier alpha value is -0.0700. The van der Waals surface area contributed by atoms with Gasteiger partial charge in [-0.05, 0) is 30.5 Å². The summed E-state index contributed by atoms with van der Waals surface area (Å²) in [5, 5.41) is 4.59. The molecule has 0 amide bonds. The van der Waals surface area contributed by atoms with Crippen LogP contribution in [-0.4, -0.2) is 64.1 Å². The molecule has 1 aliphatic heterocycles. The second-order valence-corrected chi connectivity index (χ2v) is 7.37. The molecule has 4 nitrogen and oxygen atoms in total. The standard InChI is InChI=1S/C19H29ClN2O2.2ClH/c1-23-15-18(21-9-10-22-11-13-24-14-12-22)19(7-2-8-19)16-3-5-17(20)6-4-16;;/h3-6,18,21H,2,7-15H2,1H3;2*1H. The minimum Gasteiger partial charge on any atom is -0.383 e. The highest BCUT2D eigenvalue weighted by Gasteiger charge is 2.45. The molecule has 0 aromatic heterocycles. The van der Waals surface area contributed by atoms with Crippen molar-refractivity contribution in [1.29, 1.82) is 0 Å². The van der Waals surface area contributed by atoms with Gasteiger partial charge in [-0.3, -0.25) is 4.90 Å². The zero-order chi connectivity index (χ0) is 16.8. The molecule has 1 unspecified atom stereocenters. The molecule has 3 rings (SSSR count). The van der Waals surface area contributed by atoms with Crippen molar-refractivity contribution in [3.05, 3.63) is 34.9 Å². The Labute approximate surface area is 174 Å². The fraction of sp³-hybridized carbons (Fsp3) is 0.684. The molecule has 0 radical (unpaired) electrons. The molecule has 0 bridgehead atoms. The van der Waals surface area contributed by atoms with Crippen LogP contribution in [0.2, 0.25) is 5.02 Å². The summed E-state index contributed by atoms with van der Waals surface area (Å²) in [7, 11) is 1.80. The lowest BCUT2D eigenvalue weighted by Gasteiger charge is -2.48. The van der Waals surface area contributed by atoms with Crippen molar-refractivity contribution < 1.29 is 9.47 Å². The summed E-state index contributed by atoms with van der Waals surface area (Å²) in [4.78, 5) is 2.47. The average Bonchev–Trinajstić information content (AvgIpc) is 2.56. The minimum absolute atomic E-state index is 0. The Morgan fingerprint density at radius 1 is 1.19 bits per heavy atom. The van der Waals surface area contributed by atoms with Crippen molar-refractivity contribution in [3.8, 4) is 0 Å². The summed E-state index contributed by atoms with van der Waals surface area (Å²) >= 11 is 6.08. The van der Waals surface area contributed by atoms with Gasteiger partial charge < -0.3 is 14.8 Å². The number of hydrogen-bond acceptors (Lipinski definition) is 4. The van der Waals surface area contributed by atoms with Gasteiger partial charge in [0, 0.05) is 49.8 Å². The van der Waals surface area contributed by atoms with Gasteiger partial charge in [0.05, 0.1) is 19.8 Å². The summed E-state index contributed by atoms with van der Waals surface area (Å²) in [5.41, 5.74) is 1.57. The number of halogens is 3. The van der Waals surface area contributed by atoms with Crippen LogP contribution in [0.25, 0.3) is 0 Å². The predicted molar refractivity (Wildman–Crippen MR) is 112 cm³/mol. The molecule has 0 spiro atoms. The number of morpholine rings is 1. The minimum atomic E-state index is 0. The van der Waals surface area contributed by atoms with Gasteiger partial charge in [0.25, 0.3) is 0 Å². The Morgan fingerprint density at radius 3 is 2.38 bits per heavy atom. The predicted octanol–water partition coefficient (Wildman–Crippen LogP) is 3.54. The summed E-state index contributed by atoms with van der Waals surface area (Å²) in [5.74, 6) is 0. The van der Waals surface area contributed by atoms with Gasteiger partial charge in [0.1, 0.15) is 0 Å². The Kier molecular flexibility index (Phi) is 10.8. The van der Waals surface area contributed by atoms with E-state index in [4.69, 9.17) is 21.1 Å². The number of benzene rings is 1. The number of ether oxygens (including phenoxy) is 2. The van der Waals surface area contributed by atoms with Crippen molar-refractivity contribution in [3.63, 3.8) is 0 Å². The van der Waals surface area contributed by atoms with Crippen LogP contribution < -0.4 is 5.32 Å². The van der Waals surface area contributed by atoms with E-state index in [1.165, 1.54) is 24.8 Å². The zero-order valence-electron chi connectivity index (χ0n) is 15.4. The normalized spacial score (nSPS) is 20.4. The first-order valence-corrected chi connectivity index (χ1v) is 9.41. The molecule has 1 saturated carbocycles. The number of nitrogens with one attached hydrogen (secondary N) is 1. The van der Waals surface area contributed by atoms with E-state index in [1.807, 2.05) is 12.1 Å². The summed E-state index contributed by atoms with van der Waals surface area (Å²) in [6.07, 6.45) is 3.72. The fourth-order valence-corrected chi connectivity index (χ4v) is 4.11. The van der Waals surface area contributed by atoms with Gasteiger partial charge in [-0.15, -0.1) is 24.8 Å². The number of rotatable bonds is 8. The largest absolute Gasteiger partial charge is 0.383 e. The van der Waals surface area contributed by atoms with Crippen LogP contribution in [0.1, 0.15) is 24.8 Å². The van der Waals surface area contributed by atoms with Crippen molar-refractivity contribution in [1.82, 2.24) is 10.2 Å². The highest BCUT2D eigenvalue weighted by atomic mass is 35.5.